The molecule has 0 bridgehead atoms. The first kappa shape index (κ1) is 19.5. The zero-order chi connectivity index (χ0) is 19.4. The highest BCUT2D eigenvalue weighted by molar-refractivity contribution is 7.18. The summed E-state index contributed by atoms with van der Waals surface area (Å²) in [6.45, 7) is 5.99. The van der Waals surface area contributed by atoms with Crippen LogP contribution in [0.25, 0.3) is 21.8 Å². The maximum absolute atomic E-state index is 9.34. The summed E-state index contributed by atoms with van der Waals surface area (Å²) in [4.78, 5) is 14.5. The Morgan fingerprint density at radius 3 is 2.56 bits per heavy atom. The van der Waals surface area contributed by atoms with Crippen LogP contribution in [0.2, 0.25) is 5.02 Å². The highest BCUT2D eigenvalue weighted by Gasteiger charge is 2.14. The molecule has 0 spiro atoms. The highest BCUT2D eigenvalue weighted by Crippen LogP contribution is 2.33. The van der Waals surface area contributed by atoms with Crippen molar-refractivity contribution in [3.8, 4) is 21.8 Å². The van der Waals surface area contributed by atoms with Crippen molar-refractivity contribution in [1.82, 2.24) is 15.0 Å². The van der Waals surface area contributed by atoms with Gasteiger partial charge in [0, 0.05) is 28.9 Å². The maximum Gasteiger partial charge on any atom is 0.224 e. The molecule has 0 unspecified atom stereocenters. The van der Waals surface area contributed by atoms with Gasteiger partial charge < -0.3 is 15.7 Å². The Hall–Kier alpha value is -2.22. The molecule has 0 saturated carbocycles. The molecule has 1 atom stereocenters. The van der Waals surface area contributed by atoms with Gasteiger partial charge in [0.05, 0.1) is 22.9 Å². The molecule has 0 aliphatic rings. The van der Waals surface area contributed by atoms with Gasteiger partial charge in [0.25, 0.3) is 0 Å². The zero-order valence-corrected chi connectivity index (χ0v) is 17.0. The van der Waals surface area contributed by atoms with Crippen molar-refractivity contribution in [3.63, 3.8) is 0 Å². The first-order valence-electron chi connectivity index (χ1n) is 8.70. The second kappa shape index (κ2) is 8.65. The molecule has 0 amide bonds. The molecule has 3 N–H and O–H groups in total. The van der Waals surface area contributed by atoms with E-state index >= 15 is 0 Å². The molecule has 0 saturated heterocycles. The fourth-order valence-electron chi connectivity index (χ4n) is 2.42. The first-order valence-corrected chi connectivity index (χ1v) is 9.90. The summed E-state index contributed by atoms with van der Waals surface area (Å²) in [5, 5.41) is 17.2. The van der Waals surface area contributed by atoms with Gasteiger partial charge in [-0.3, -0.25) is 0 Å². The molecule has 3 rings (SSSR count). The van der Waals surface area contributed by atoms with E-state index in [1.54, 1.807) is 6.20 Å². The van der Waals surface area contributed by atoms with Crippen LogP contribution < -0.4 is 10.6 Å². The van der Waals surface area contributed by atoms with E-state index in [-0.39, 0.29) is 12.6 Å². The summed E-state index contributed by atoms with van der Waals surface area (Å²) in [6, 6.07) is 9.60. The van der Waals surface area contributed by atoms with Crippen LogP contribution in [-0.4, -0.2) is 38.7 Å². The lowest BCUT2D eigenvalue weighted by Crippen LogP contribution is -2.21. The molecular formula is C19H22ClN5OS. The van der Waals surface area contributed by atoms with Crippen LogP contribution >= 0.6 is 22.9 Å². The lowest BCUT2D eigenvalue weighted by molar-refractivity contribution is 0.281. The van der Waals surface area contributed by atoms with E-state index in [4.69, 9.17) is 11.6 Å². The molecule has 3 aromatic rings. The third-order valence-corrected chi connectivity index (χ3v) is 4.98. The smallest absolute Gasteiger partial charge is 0.224 e. The standard InChI is InChI=1S/C19H22ClN5OS/c1-11(2)22-19-21-9-17(27-19)16-8-15(13-6-4-5-7-14(13)20)24-18(25-16)23-12(3)10-26/h4-9,11-12,26H,10H2,1-3H3,(H,21,22)(H,23,24,25)/t12-/m1/s1. The van der Waals surface area contributed by atoms with Crippen molar-refractivity contribution < 1.29 is 5.11 Å². The second-order valence-corrected chi connectivity index (χ2v) is 7.94. The molecule has 0 radical (unpaired) electrons. The number of nitrogens with one attached hydrogen (secondary N) is 2. The van der Waals surface area contributed by atoms with Crippen molar-refractivity contribution in [2.45, 2.75) is 32.9 Å². The van der Waals surface area contributed by atoms with Crippen LogP contribution in [-0.2, 0) is 0 Å². The van der Waals surface area contributed by atoms with Crippen molar-refractivity contribution in [1.29, 1.82) is 0 Å². The number of aliphatic hydroxyl groups excluding tert-OH is 1. The third kappa shape index (κ3) is 4.94. The number of nitrogens with zero attached hydrogens (tertiary/aromatic N) is 3. The largest absolute Gasteiger partial charge is 0.394 e. The summed E-state index contributed by atoms with van der Waals surface area (Å²) in [5.41, 5.74) is 2.29. The predicted octanol–water partition coefficient (Wildman–Crippen LogP) is 4.53. The van der Waals surface area contributed by atoms with Crippen LogP contribution in [0.3, 0.4) is 0 Å². The van der Waals surface area contributed by atoms with Gasteiger partial charge in [0.2, 0.25) is 5.95 Å². The molecule has 6 nitrogen and oxygen atoms in total. The Labute approximate surface area is 167 Å². The van der Waals surface area contributed by atoms with Crippen molar-refractivity contribution in [3.05, 3.63) is 41.6 Å². The Morgan fingerprint density at radius 1 is 1.11 bits per heavy atom. The molecular weight excluding hydrogens is 382 g/mol. The van der Waals surface area contributed by atoms with E-state index in [0.717, 1.165) is 21.3 Å². The van der Waals surface area contributed by atoms with Gasteiger partial charge in [-0.05, 0) is 32.9 Å². The minimum absolute atomic E-state index is 0.0158. The quantitative estimate of drug-likeness (QED) is 0.537. The number of thiazole rings is 1. The van der Waals surface area contributed by atoms with Crippen molar-refractivity contribution >= 4 is 34.0 Å². The average molecular weight is 404 g/mol. The van der Waals surface area contributed by atoms with Crippen LogP contribution in [0.1, 0.15) is 20.8 Å². The van der Waals surface area contributed by atoms with E-state index in [1.165, 1.54) is 11.3 Å². The van der Waals surface area contributed by atoms with Gasteiger partial charge in [-0.25, -0.2) is 15.0 Å². The maximum atomic E-state index is 9.34. The van der Waals surface area contributed by atoms with E-state index < -0.39 is 0 Å². The topological polar surface area (TPSA) is 83.0 Å². The normalized spacial score (nSPS) is 12.2. The van der Waals surface area contributed by atoms with Crippen molar-refractivity contribution in [2.24, 2.45) is 0 Å². The van der Waals surface area contributed by atoms with E-state index in [2.05, 4.69) is 39.4 Å². The van der Waals surface area contributed by atoms with Crippen LogP contribution in [0.5, 0.6) is 0 Å². The lowest BCUT2D eigenvalue weighted by atomic mass is 10.1. The summed E-state index contributed by atoms with van der Waals surface area (Å²) < 4.78 is 0. The number of aromatic nitrogens is 3. The molecule has 0 aliphatic carbocycles. The fourth-order valence-corrected chi connectivity index (χ4v) is 3.57. The molecule has 2 heterocycles. The van der Waals surface area contributed by atoms with E-state index in [0.29, 0.717) is 22.7 Å². The van der Waals surface area contributed by atoms with Gasteiger partial charge in [-0.2, -0.15) is 0 Å². The summed E-state index contributed by atoms with van der Waals surface area (Å²) in [5.74, 6) is 0.440. The number of hydrogen-bond acceptors (Lipinski definition) is 7. The molecule has 0 aliphatic heterocycles. The van der Waals surface area contributed by atoms with Crippen LogP contribution in [0.15, 0.2) is 36.5 Å². The number of hydrogen-bond donors (Lipinski definition) is 3. The van der Waals surface area contributed by atoms with Gasteiger partial charge in [0.15, 0.2) is 5.13 Å². The van der Waals surface area contributed by atoms with Gasteiger partial charge in [-0.1, -0.05) is 41.1 Å². The average Bonchev–Trinajstić information content (AvgIpc) is 3.09. The number of aliphatic hydroxyl groups is 1. The fraction of sp³-hybridized carbons (Fsp3) is 0.316. The Kier molecular flexibility index (Phi) is 6.26. The third-order valence-electron chi connectivity index (χ3n) is 3.70. The summed E-state index contributed by atoms with van der Waals surface area (Å²) in [6.07, 6.45) is 1.80. The van der Waals surface area contributed by atoms with Gasteiger partial charge in [-0.15, -0.1) is 0 Å². The monoisotopic (exact) mass is 403 g/mol. The summed E-state index contributed by atoms with van der Waals surface area (Å²) in [7, 11) is 0. The number of rotatable bonds is 7. The van der Waals surface area contributed by atoms with Crippen LogP contribution in [0.4, 0.5) is 11.1 Å². The Morgan fingerprint density at radius 2 is 1.85 bits per heavy atom. The van der Waals surface area contributed by atoms with E-state index in [9.17, 15) is 5.11 Å². The first-order chi connectivity index (χ1) is 13.0. The summed E-state index contributed by atoms with van der Waals surface area (Å²) >= 11 is 7.90. The Balaban J connectivity index is 2.04. The van der Waals surface area contributed by atoms with E-state index in [1.807, 2.05) is 37.3 Å². The predicted molar refractivity (Wildman–Crippen MR) is 113 cm³/mol. The molecule has 27 heavy (non-hydrogen) atoms. The minimum atomic E-state index is -0.168. The van der Waals surface area contributed by atoms with Gasteiger partial charge >= 0.3 is 0 Å². The molecule has 142 valence electrons. The zero-order valence-electron chi connectivity index (χ0n) is 15.4. The molecule has 2 aromatic heterocycles. The Bertz CT molecular complexity index is 915. The second-order valence-electron chi connectivity index (χ2n) is 6.50. The SMILES string of the molecule is CC(C)Nc1ncc(-c2cc(-c3ccccc3Cl)nc(N[C@H](C)CO)n2)s1. The van der Waals surface area contributed by atoms with Crippen molar-refractivity contribution in [2.75, 3.05) is 17.2 Å². The van der Waals surface area contributed by atoms with Gasteiger partial charge in [0.1, 0.15) is 0 Å². The lowest BCUT2D eigenvalue weighted by Gasteiger charge is -2.13. The molecule has 8 heteroatoms. The highest BCUT2D eigenvalue weighted by atomic mass is 35.5. The number of benzene rings is 1. The number of anilines is 2. The minimum Gasteiger partial charge on any atom is -0.394 e. The molecule has 1 aromatic carbocycles. The number of halogens is 1. The molecule has 0 fully saturated rings. The van der Waals surface area contributed by atoms with Crippen LogP contribution in [0, 0.1) is 0 Å².